The molecule has 3 aromatic heterocycles. The van der Waals surface area contributed by atoms with E-state index in [1.165, 1.54) is 59.9 Å². The van der Waals surface area contributed by atoms with Crippen molar-refractivity contribution in [2.24, 2.45) is 23.7 Å². The minimum atomic E-state index is -3.96. The number of rotatable bonds is 20. The zero-order valence-electron chi connectivity index (χ0n) is 51.2. The summed E-state index contributed by atoms with van der Waals surface area (Å²) in [6, 6.07) is 33.4. The molecule has 6 heterocycles. The highest BCUT2D eigenvalue weighted by Gasteiger charge is 2.43. The van der Waals surface area contributed by atoms with E-state index in [2.05, 4.69) is 49.0 Å². The summed E-state index contributed by atoms with van der Waals surface area (Å²) in [4.78, 5) is 96.8. The first-order valence-electron chi connectivity index (χ1n) is 29.5. The topological polar surface area (TPSA) is 277 Å². The van der Waals surface area contributed by atoms with E-state index in [0.717, 1.165) is 41.9 Å². The van der Waals surface area contributed by atoms with E-state index in [9.17, 15) is 45.6 Å². The summed E-state index contributed by atoms with van der Waals surface area (Å²) in [5, 5.41) is 0.348. The second kappa shape index (κ2) is 31.2. The van der Waals surface area contributed by atoms with Crippen LogP contribution >= 0.6 is 15.9 Å². The number of Topliss-reactive ketones (excluding diaryl/α,β-unsaturated/α-hetero) is 2. The predicted molar refractivity (Wildman–Crippen MR) is 341 cm³/mol. The van der Waals surface area contributed by atoms with Crippen molar-refractivity contribution < 1.29 is 64.6 Å². The summed E-state index contributed by atoms with van der Waals surface area (Å²) in [7, 11) is -7.77. The van der Waals surface area contributed by atoms with Gasteiger partial charge in [0.1, 0.15) is 24.5 Å². The number of aryl methyl sites for hydroxylation is 2. The van der Waals surface area contributed by atoms with Crippen LogP contribution in [-0.4, -0.2) is 138 Å². The van der Waals surface area contributed by atoms with Crippen molar-refractivity contribution in [3.63, 3.8) is 0 Å². The molecule has 26 heteroatoms. The number of nitrogens with zero attached hydrogens (tertiary/aromatic N) is 9. The number of ether oxygens (including phenoxy) is 4. The van der Waals surface area contributed by atoms with Crippen LogP contribution in [0.15, 0.2) is 144 Å². The summed E-state index contributed by atoms with van der Waals surface area (Å²) < 4.78 is 75.0. The van der Waals surface area contributed by atoms with Gasteiger partial charge in [-0.2, -0.15) is 18.4 Å². The molecule has 23 nitrogen and oxygen atoms in total. The number of benzene rings is 4. The largest absolute Gasteiger partial charge is 0.466 e. The lowest BCUT2D eigenvalue weighted by atomic mass is 9.90. The van der Waals surface area contributed by atoms with Crippen LogP contribution in [0.25, 0.3) is 17.2 Å². The third-order valence-corrected chi connectivity index (χ3v) is 19.2. The highest BCUT2D eigenvalue weighted by atomic mass is 79.9. The van der Waals surface area contributed by atoms with E-state index in [-0.39, 0.29) is 114 Å². The van der Waals surface area contributed by atoms with Gasteiger partial charge in [0.2, 0.25) is 0 Å². The summed E-state index contributed by atoms with van der Waals surface area (Å²) in [6.45, 7) is 13.1. The Kier molecular flexibility index (Phi) is 23.3. The number of halogens is 1. The SMILES string of the molecule is CCOC(=O)Cc1cnc2c(n1)C=[C+]N2S(=O)(=O)c1ccc(C)cc1.CCOC(=O)N(CC(=O)C1CN(C(=O)OCc2ccccc2)C[C@H]1CC)c1cnc2c(ccn2S(=O)(=O)c2ccc(C)cc2)n1.CC[C@@H]1CN(C(=O)OCc2ccccc2)C[C@@H]1C(=O)CBr. The summed E-state index contributed by atoms with van der Waals surface area (Å²) in [5.74, 6) is -0.813. The molecule has 4 atom stereocenters. The molecule has 0 bridgehead atoms. The smallest absolute Gasteiger partial charge is 0.415 e. The van der Waals surface area contributed by atoms with Gasteiger partial charge < -0.3 is 28.7 Å². The Hall–Kier alpha value is -8.97. The van der Waals surface area contributed by atoms with Crippen LogP contribution in [0.1, 0.15) is 74.2 Å². The number of fused-ring (bicyclic) bond motifs is 2. The van der Waals surface area contributed by atoms with Crippen molar-refractivity contribution in [3.8, 4) is 0 Å². The number of anilines is 2. The van der Waals surface area contributed by atoms with Gasteiger partial charge in [-0.1, -0.05) is 139 Å². The van der Waals surface area contributed by atoms with Gasteiger partial charge in [0, 0.05) is 44.2 Å². The fourth-order valence-electron chi connectivity index (χ4n) is 10.4. The zero-order chi connectivity index (χ0) is 65.4. The van der Waals surface area contributed by atoms with E-state index in [4.69, 9.17) is 18.9 Å². The van der Waals surface area contributed by atoms with E-state index in [0.29, 0.717) is 42.8 Å². The van der Waals surface area contributed by atoms with Crippen molar-refractivity contribution >= 4 is 101 Å². The maximum Gasteiger partial charge on any atom is 0.415 e. The van der Waals surface area contributed by atoms with E-state index >= 15 is 0 Å². The Labute approximate surface area is 537 Å². The number of alkyl halides is 1. The lowest BCUT2D eigenvalue weighted by molar-refractivity contribution is -0.142. The standard InChI is InChI=1S/C32H35N5O7S.C17H16N3O4S.C16H20BrNO3/c1-4-24-18-35(31(39)44-21-23-9-7-6-8-10-23)19-26(24)28(38)20-36(32(40)43-5-2)29-17-33-30-27(34-29)15-16-37(30)45(41,42)25-13-11-22(3)12-14-25;1-3-24-16(21)10-13-11-18-17-15(19-13)8-9-20(17)25(22,23)14-6-4-12(2)5-7-14;1-2-13-9-18(10-14(13)15(19)8-17)16(20)21-11-12-6-4-3-5-7-12/h6-17,24,26H,4-5,18-21H2,1-3H3;4-8,11H,3,10H2,1-2H3;3-7,13-14H,2,8-11H2,1H3/q;+1;/t24-,26?;;13-,14+/m1.1/s1. The number of amides is 3. The first-order chi connectivity index (χ1) is 43.7. The van der Waals surface area contributed by atoms with Gasteiger partial charge in [-0.15, -0.1) is 0 Å². The lowest BCUT2D eigenvalue weighted by Gasteiger charge is -2.23. The number of carbonyl (C=O) groups excluding carboxylic acids is 6. The van der Waals surface area contributed by atoms with Gasteiger partial charge in [-0.25, -0.2) is 36.7 Å². The Morgan fingerprint density at radius 2 is 1.14 bits per heavy atom. The van der Waals surface area contributed by atoms with Crippen molar-refractivity contribution in [3.05, 3.63) is 174 Å². The van der Waals surface area contributed by atoms with Crippen molar-refractivity contribution in [2.45, 2.75) is 83.8 Å². The molecule has 2 fully saturated rings. The third-order valence-electron chi connectivity index (χ3n) is 15.3. The first kappa shape index (κ1) is 68.0. The minimum absolute atomic E-state index is 0.0212. The normalized spacial score (nSPS) is 16.5. The van der Waals surface area contributed by atoms with Crippen LogP contribution in [0.4, 0.5) is 26.0 Å². The van der Waals surface area contributed by atoms with Gasteiger partial charge >= 0.3 is 30.1 Å². The lowest BCUT2D eigenvalue weighted by Crippen LogP contribution is -2.41. The second-order valence-corrected chi connectivity index (χ2v) is 25.7. The molecule has 3 aliphatic heterocycles. The van der Waals surface area contributed by atoms with Crippen LogP contribution in [0.2, 0.25) is 0 Å². The van der Waals surface area contributed by atoms with Crippen LogP contribution in [-0.2, 0) is 73.0 Å². The molecular weight excluding hydrogens is 1270 g/mol. The summed E-state index contributed by atoms with van der Waals surface area (Å²) >= 11 is 3.22. The van der Waals surface area contributed by atoms with Crippen LogP contribution in [0, 0.1) is 43.7 Å². The Morgan fingerprint density at radius 1 is 0.615 bits per heavy atom. The molecule has 10 rings (SSSR count). The highest BCUT2D eigenvalue weighted by molar-refractivity contribution is 9.09. The average Bonchev–Trinajstić information content (AvgIpc) is 1.97. The molecule has 3 aliphatic rings. The number of likely N-dealkylation sites (tertiary alicyclic amines) is 2. The molecular formula is C65H71BrN9O14S2+. The molecule has 478 valence electrons. The van der Waals surface area contributed by atoms with Gasteiger partial charge in [-0.05, 0) is 85.3 Å². The quantitative estimate of drug-likeness (QED) is 0.0297. The van der Waals surface area contributed by atoms with Gasteiger partial charge in [0.05, 0.1) is 59.4 Å². The molecule has 0 spiro atoms. The van der Waals surface area contributed by atoms with Crippen molar-refractivity contribution in [1.82, 2.24) is 33.7 Å². The summed E-state index contributed by atoms with van der Waals surface area (Å²) in [5.41, 5.74) is 4.74. The van der Waals surface area contributed by atoms with Gasteiger partial charge in [0.15, 0.2) is 29.5 Å². The van der Waals surface area contributed by atoms with Crippen LogP contribution in [0.5, 0.6) is 0 Å². The van der Waals surface area contributed by atoms with E-state index < -0.39 is 44.1 Å². The third kappa shape index (κ3) is 16.9. The fraction of sp³-hybridized carbons (Fsp3) is 0.354. The Morgan fingerprint density at radius 3 is 1.66 bits per heavy atom. The van der Waals surface area contributed by atoms with E-state index in [1.807, 2.05) is 81.4 Å². The maximum absolute atomic E-state index is 13.7. The van der Waals surface area contributed by atoms with Gasteiger partial charge in [0.25, 0.3) is 25.7 Å². The molecule has 4 aromatic carbocycles. The second-order valence-electron chi connectivity index (χ2n) is 21.6. The molecule has 0 N–H and O–H groups in total. The molecule has 0 radical (unpaired) electrons. The monoisotopic (exact) mass is 1340 g/mol. The van der Waals surface area contributed by atoms with Crippen LogP contribution < -0.4 is 9.21 Å². The highest BCUT2D eigenvalue weighted by Crippen LogP contribution is 2.33. The number of esters is 1. The molecule has 3 amide bonds. The maximum atomic E-state index is 13.7. The predicted octanol–water partition coefficient (Wildman–Crippen LogP) is 9.92. The van der Waals surface area contributed by atoms with Crippen LogP contribution in [0.3, 0.4) is 0 Å². The molecule has 0 saturated carbocycles. The number of hydrogen-bond donors (Lipinski definition) is 0. The summed E-state index contributed by atoms with van der Waals surface area (Å²) in [6.07, 6.45) is 7.94. The number of aromatic nitrogens is 5. The molecule has 0 aliphatic carbocycles. The first-order valence-corrected chi connectivity index (χ1v) is 33.6. The zero-order valence-corrected chi connectivity index (χ0v) is 54.4. The Balaban J connectivity index is 0.000000195. The van der Waals surface area contributed by atoms with Gasteiger partial charge in [-0.3, -0.25) is 19.3 Å². The fourth-order valence-corrected chi connectivity index (χ4v) is 13.3. The molecule has 7 aromatic rings. The molecule has 1 unspecified atom stereocenters. The number of sulfonamides is 1. The van der Waals surface area contributed by atoms with E-state index in [1.54, 1.807) is 43.0 Å². The molecule has 2 saturated heterocycles. The number of ketones is 2. The molecule has 91 heavy (non-hydrogen) atoms. The average molecular weight is 1350 g/mol. The minimum Gasteiger partial charge on any atom is -0.466 e. The number of hydrogen-bond acceptors (Lipinski definition) is 18. The van der Waals surface area contributed by atoms with Crippen molar-refractivity contribution in [2.75, 3.05) is 60.5 Å². The Bertz CT molecular complexity index is 3970. The number of carbonyl (C=O) groups is 6. The van der Waals surface area contributed by atoms with Crippen molar-refractivity contribution in [1.29, 1.82) is 0 Å².